The minimum atomic E-state index is -3.50. The molecule has 7 heteroatoms. The third-order valence-electron chi connectivity index (χ3n) is 3.93. The molecule has 0 bridgehead atoms. The summed E-state index contributed by atoms with van der Waals surface area (Å²) < 4.78 is 28.7. The zero-order valence-corrected chi connectivity index (χ0v) is 12.1. The number of methoxy groups -OCH3 is 1. The fourth-order valence-electron chi connectivity index (χ4n) is 2.90. The molecular formula is C13H17NO5S. The lowest BCUT2D eigenvalue weighted by atomic mass is 9.99. The maximum absolute atomic E-state index is 11.8. The Morgan fingerprint density at radius 2 is 1.95 bits per heavy atom. The third-order valence-corrected chi connectivity index (χ3v) is 5.54. The van der Waals surface area contributed by atoms with Crippen molar-refractivity contribution in [1.29, 1.82) is 0 Å². The van der Waals surface area contributed by atoms with Gasteiger partial charge in [-0.15, -0.1) is 0 Å². The highest BCUT2D eigenvalue weighted by Crippen LogP contribution is 2.62. The molecule has 0 radical (unpaired) electrons. The Hall–Kier alpha value is -1.60. The van der Waals surface area contributed by atoms with Crippen LogP contribution in [0.5, 0.6) is 5.75 Å². The monoisotopic (exact) mass is 299 g/mol. The smallest absolute Gasteiger partial charge is 0.312 e. The Labute approximate surface area is 117 Å². The zero-order valence-electron chi connectivity index (χ0n) is 11.2. The summed E-state index contributed by atoms with van der Waals surface area (Å²) in [6, 6.07) is 6.72. The Morgan fingerprint density at radius 1 is 1.40 bits per heavy atom. The summed E-state index contributed by atoms with van der Waals surface area (Å²) in [5, 5.41) is 8.42. The number of aliphatic carboxylic acids is 1. The van der Waals surface area contributed by atoms with Gasteiger partial charge in [0.1, 0.15) is 11.2 Å². The van der Waals surface area contributed by atoms with Gasteiger partial charge < -0.3 is 15.6 Å². The van der Waals surface area contributed by atoms with E-state index in [2.05, 4.69) is 0 Å². The molecule has 0 amide bonds. The predicted molar refractivity (Wildman–Crippen MR) is 73.5 cm³/mol. The summed E-state index contributed by atoms with van der Waals surface area (Å²) in [4.78, 5) is 11.5. The molecule has 20 heavy (non-hydrogen) atoms. The molecule has 0 saturated heterocycles. The molecule has 1 aliphatic carbocycles. The maximum Gasteiger partial charge on any atom is 0.312 e. The quantitative estimate of drug-likeness (QED) is 0.806. The van der Waals surface area contributed by atoms with Crippen LogP contribution >= 0.6 is 0 Å². The molecule has 0 aliphatic heterocycles. The molecule has 1 fully saturated rings. The maximum atomic E-state index is 11.8. The van der Waals surface area contributed by atoms with Crippen molar-refractivity contribution in [2.75, 3.05) is 19.9 Å². The topological polar surface area (TPSA) is 107 Å². The van der Waals surface area contributed by atoms with Gasteiger partial charge in [-0.25, -0.2) is 8.42 Å². The van der Waals surface area contributed by atoms with E-state index in [0.717, 1.165) is 6.26 Å². The lowest BCUT2D eigenvalue weighted by molar-refractivity contribution is -0.143. The molecule has 0 aromatic heterocycles. The second-order valence-electron chi connectivity index (χ2n) is 5.05. The average molecular weight is 299 g/mol. The summed E-state index contributed by atoms with van der Waals surface area (Å²) in [5.74, 6) is -1.17. The fraction of sp³-hybridized carbons (Fsp3) is 0.462. The standard InChI is InChI=1S/C13H17NO5S/c1-19-9-5-3-8(4-6-9)10-11(20(2,17)18)13(10,7-14)12(15)16/h3-6,10-11H,7,14H2,1-2H3,(H,15,16)/t10-,11-,13-/m1/s1. The average Bonchev–Trinajstić information content (AvgIpc) is 3.09. The highest BCUT2D eigenvalue weighted by atomic mass is 32.2. The van der Waals surface area contributed by atoms with Crippen LogP contribution in [0, 0.1) is 5.41 Å². The first-order valence-corrected chi connectivity index (χ1v) is 8.00. The van der Waals surface area contributed by atoms with Gasteiger partial charge in [0.15, 0.2) is 9.84 Å². The summed E-state index contributed by atoms with van der Waals surface area (Å²) in [7, 11) is -1.98. The second-order valence-corrected chi connectivity index (χ2v) is 7.22. The van der Waals surface area contributed by atoms with Crippen molar-refractivity contribution in [1.82, 2.24) is 0 Å². The van der Waals surface area contributed by atoms with E-state index in [-0.39, 0.29) is 6.54 Å². The largest absolute Gasteiger partial charge is 0.497 e. The SMILES string of the molecule is COc1ccc([C@@H]2[C@@H](S(C)(=O)=O)[C@]2(CN)C(=O)O)cc1. The van der Waals surface area contributed by atoms with E-state index in [1.807, 2.05) is 0 Å². The molecule has 3 N–H and O–H groups in total. The zero-order chi connectivity index (χ0) is 15.1. The number of hydrogen-bond acceptors (Lipinski definition) is 5. The van der Waals surface area contributed by atoms with Gasteiger partial charge in [0.2, 0.25) is 0 Å². The van der Waals surface area contributed by atoms with E-state index in [4.69, 9.17) is 10.5 Å². The fourth-order valence-corrected chi connectivity index (χ4v) is 4.83. The van der Waals surface area contributed by atoms with Gasteiger partial charge in [0.05, 0.1) is 12.4 Å². The van der Waals surface area contributed by atoms with Crippen molar-refractivity contribution < 1.29 is 23.1 Å². The molecular weight excluding hydrogens is 282 g/mol. The van der Waals surface area contributed by atoms with Gasteiger partial charge in [-0.05, 0) is 17.7 Å². The Balaban J connectivity index is 2.46. The number of ether oxygens (including phenoxy) is 1. The Morgan fingerprint density at radius 3 is 2.25 bits per heavy atom. The number of carboxylic acids is 1. The van der Waals surface area contributed by atoms with Crippen LogP contribution in [0.1, 0.15) is 11.5 Å². The van der Waals surface area contributed by atoms with Gasteiger partial charge in [-0.1, -0.05) is 12.1 Å². The molecule has 1 aromatic rings. The first-order valence-electron chi connectivity index (χ1n) is 6.05. The first kappa shape index (κ1) is 14.8. The number of rotatable bonds is 5. The van der Waals surface area contributed by atoms with Crippen molar-refractivity contribution in [3.63, 3.8) is 0 Å². The van der Waals surface area contributed by atoms with E-state index in [1.54, 1.807) is 24.3 Å². The number of carbonyl (C=O) groups is 1. The Bertz CT molecular complexity index is 625. The number of benzene rings is 1. The van der Waals surface area contributed by atoms with Gasteiger partial charge in [-0.2, -0.15) is 0 Å². The van der Waals surface area contributed by atoms with Crippen molar-refractivity contribution in [2.24, 2.45) is 11.1 Å². The first-order chi connectivity index (χ1) is 9.29. The van der Waals surface area contributed by atoms with Gasteiger partial charge in [0, 0.05) is 18.7 Å². The summed E-state index contributed by atoms with van der Waals surface area (Å²) in [6.45, 7) is -0.212. The molecule has 1 saturated carbocycles. The molecule has 0 unspecified atom stereocenters. The summed E-state index contributed by atoms with van der Waals surface area (Å²) >= 11 is 0. The lowest BCUT2D eigenvalue weighted by Crippen LogP contribution is -2.31. The number of sulfone groups is 1. The Kier molecular flexibility index (Phi) is 3.51. The molecule has 6 nitrogen and oxygen atoms in total. The molecule has 1 aromatic carbocycles. The van der Waals surface area contributed by atoms with Gasteiger partial charge >= 0.3 is 5.97 Å². The summed E-state index contributed by atoms with van der Waals surface area (Å²) in [6.07, 6.45) is 1.05. The van der Waals surface area contributed by atoms with Crippen LogP contribution in [0.2, 0.25) is 0 Å². The van der Waals surface area contributed by atoms with Crippen molar-refractivity contribution >= 4 is 15.8 Å². The predicted octanol–water partition coefficient (Wildman–Crippen LogP) is 0.235. The normalized spacial score (nSPS) is 28.9. The molecule has 110 valence electrons. The van der Waals surface area contributed by atoms with E-state index in [0.29, 0.717) is 11.3 Å². The van der Waals surface area contributed by atoms with Crippen molar-refractivity contribution in [3.8, 4) is 5.75 Å². The lowest BCUT2D eigenvalue weighted by Gasteiger charge is -2.09. The highest BCUT2D eigenvalue weighted by molar-refractivity contribution is 7.91. The second kappa shape index (κ2) is 4.75. The summed E-state index contributed by atoms with van der Waals surface area (Å²) in [5.41, 5.74) is 4.79. The highest BCUT2D eigenvalue weighted by Gasteiger charge is 2.74. The van der Waals surface area contributed by atoms with Crippen LogP contribution in [0.25, 0.3) is 0 Å². The van der Waals surface area contributed by atoms with Gasteiger partial charge in [0.25, 0.3) is 0 Å². The molecule has 0 spiro atoms. The van der Waals surface area contributed by atoms with Crippen LogP contribution in [-0.2, 0) is 14.6 Å². The van der Waals surface area contributed by atoms with E-state index >= 15 is 0 Å². The van der Waals surface area contributed by atoms with Crippen LogP contribution in [0.4, 0.5) is 0 Å². The van der Waals surface area contributed by atoms with E-state index in [1.165, 1.54) is 7.11 Å². The van der Waals surface area contributed by atoms with E-state index in [9.17, 15) is 18.3 Å². The number of carboxylic acid groups (broad SMARTS) is 1. The minimum Gasteiger partial charge on any atom is -0.497 e. The van der Waals surface area contributed by atoms with Crippen LogP contribution in [0.15, 0.2) is 24.3 Å². The van der Waals surface area contributed by atoms with E-state index < -0.39 is 32.4 Å². The number of hydrogen-bond donors (Lipinski definition) is 2. The van der Waals surface area contributed by atoms with Crippen molar-refractivity contribution in [2.45, 2.75) is 11.2 Å². The molecule has 3 atom stereocenters. The van der Waals surface area contributed by atoms with Crippen molar-refractivity contribution in [3.05, 3.63) is 29.8 Å². The molecule has 0 heterocycles. The minimum absolute atomic E-state index is 0.212. The van der Waals surface area contributed by atoms with Gasteiger partial charge in [-0.3, -0.25) is 4.79 Å². The van der Waals surface area contributed by atoms with Crippen LogP contribution in [-0.4, -0.2) is 44.7 Å². The molecule has 2 rings (SSSR count). The molecule has 1 aliphatic rings. The number of nitrogens with two attached hydrogens (primary N) is 1. The van der Waals surface area contributed by atoms with Crippen LogP contribution in [0.3, 0.4) is 0 Å². The van der Waals surface area contributed by atoms with Crippen LogP contribution < -0.4 is 10.5 Å². The third kappa shape index (κ3) is 2.06.